The van der Waals surface area contributed by atoms with Crippen LogP contribution in [0.15, 0.2) is 47.4 Å². The molecule has 0 saturated heterocycles. The predicted molar refractivity (Wildman–Crippen MR) is 114 cm³/mol. The van der Waals surface area contributed by atoms with Crippen molar-refractivity contribution in [2.75, 3.05) is 33.9 Å². The smallest absolute Gasteiger partial charge is 0.240 e. The van der Waals surface area contributed by atoms with Gasteiger partial charge in [-0.1, -0.05) is 0 Å². The largest absolute Gasteiger partial charge is 0.497 e. The number of nitrogens with one attached hydrogen (secondary N) is 2. The average Bonchev–Trinajstić information content (AvgIpc) is 2.79. The lowest BCUT2D eigenvalue weighted by atomic mass is 10.2. The number of carbonyl (C=O) groups is 1. The highest BCUT2D eigenvalue weighted by atomic mass is 32.2. The van der Waals surface area contributed by atoms with Crippen LogP contribution >= 0.6 is 0 Å². The number of benzene rings is 2. The highest BCUT2D eigenvalue weighted by Crippen LogP contribution is 2.27. The molecule has 31 heavy (non-hydrogen) atoms. The van der Waals surface area contributed by atoms with E-state index in [-0.39, 0.29) is 30.3 Å². The first-order chi connectivity index (χ1) is 14.9. The molecule has 2 aromatic rings. The lowest BCUT2D eigenvalue weighted by molar-refractivity contribution is -0.121. The molecule has 10 heteroatoms. The third-order valence-corrected chi connectivity index (χ3v) is 5.68. The maximum absolute atomic E-state index is 12.2. The van der Waals surface area contributed by atoms with Crippen molar-refractivity contribution in [2.45, 2.75) is 17.7 Å². The summed E-state index contributed by atoms with van der Waals surface area (Å²) in [5.41, 5.74) is 0.464. The first-order valence-corrected chi connectivity index (χ1v) is 11.0. The van der Waals surface area contributed by atoms with Crippen LogP contribution in [-0.4, -0.2) is 48.2 Å². The topological polar surface area (TPSA) is 127 Å². The highest BCUT2D eigenvalue weighted by Gasteiger charge is 2.13. The van der Waals surface area contributed by atoms with E-state index in [1.165, 1.54) is 26.4 Å². The van der Waals surface area contributed by atoms with Gasteiger partial charge in [0.2, 0.25) is 15.9 Å². The van der Waals surface area contributed by atoms with Crippen LogP contribution < -0.4 is 24.2 Å². The van der Waals surface area contributed by atoms with E-state index < -0.39 is 10.0 Å². The lowest BCUT2D eigenvalue weighted by Crippen LogP contribution is -2.34. The van der Waals surface area contributed by atoms with Crippen LogP contribution in [0.1, 0.15) is 18.4 Å². The molecule has 0 fully saturated rings. The fourth-order valence-electron chi connectivity index (χ4n) is 2.59. The van der Waals surface area contributed by atoms with E-state index in [4.69, 9.17) is 19.5 Å². The third-order valence-electron chi connectivity index (χ3n) is 4.21. The quantitative estimate of drug-likeness (QED) is 0.475. The molecule has 0 unspecified atom stereocenters. The molecule has 2 rings (SSSR count). The zero-order valence-corrected chi connectivity index (χ0v) is 18.2. The van der Waals surface area contributed by atoms with Crippen LogP contribution in [-0.2, 0) is 14.8 Å². The van der Waals surface area contributed by atoms with Crippen molar-refractivity contribution < 1.29 is 27.4 Å². The Morgan fingerprint density at radius 1 is 1.03 bits per heavy atom. The van der Waals surface area contributed by atoms with Gasteiger partial charge in [0.1, 0.15) is 5.75 Å². The zero-order valence-electron chi connectivity index (χ0n) is 17.4. The van der Waals surface area contributed by atoms with E-state index in [2.05, 4.69) is 10.0 Å². The molecule has 0 atom stereocenters. The Labute approximate surface area is 182 Å². The fraction of sp³-hybridized carbons (Fsp3) is 0.333. The van der Waals surface area contributed by atoms with Crippen molar-refractivity contribution in [1.29, 1.82) is 5.26 Å². The molecular weight excluding hydrogens is 422 g/mol. The second-order valence-electron chi connectivity index (χ2n) is 6.35. The first kappa shape index (κ1) is 24.0. The van der Waals surface area contributed by atoms with Crippen molar-refractivity contribution in [3.63, 3.8) is 0 Å². The molecular formula is C21H25N3O6S. The Bertz CT molecular complexity index is 1020. The van der Waals surface area contributed by atoms with Gasteiger partial charge in [0.05, 0.1) is 37.4 Å². The number of nitriles is 1. The van der Waals surface area contributed by atoms with Gasteiger partial charge in [0, 0.05) is 25.6 Å². The molecule has 0 bridgehead atoms. The van der Waals surface area contributed by atoms with Gasteiger partial charge in [0.25, 0.3) is 0 Å². The van der Waals surface area contributed by atoms with Gasteiger partial charge >= 0.3 is 0 Å². The second-order valence-corrected chi connectivity index (χ2v) is 8.12. The Hall–Kier alpha value is -3.29. The standard InChI is InChI=1S/C21H25N3O6S/c1-28-17-6-8-18(9-7-17)31(26,27)24-12-11-23-21(25)4-3-13-30-19-10-5-16(15-22)14-20(19)29-2/h5-10,14,24H,3-4,11-13H2,1-2H3,(H,23,25). The molecule has 0 aliphatic heterocycles. The maximum atomic E-state index is 12.2. The molecule has 0 aliphatic rings. The van der Waals surface area contributed by atoms with Gasteiger partial charge in [-0.25, -0.2) is 13.1 Å². The second kappa shape index (κ2) is 11.8. The van der Waals surface area contributed by atoms with Crippen molar-refractivity contribution >= 4 is 15.9 Å². The number of nitrogens with zero attached hydrogens (tertiary/aromatic N) is 1. The highest BCUT2D eigenvalue weighted by molar-refractivity contribution is 7.89. The number of carbonyl (C=O) groups excluding carboxylic acids is 1. The monoisotopic (exact) mass is 447 g/mol. The van der Waals surface area contributed by atoms with E-state index in [1.807, 2.05) is 6.07 Å². The molecule has 2 aromatic carbocycles. The molecule has 166 valence electrons. The number of hydrogen-bond acceptors (Lipinski definition) is 7. The fourth-order valence-corrected chi connectivity index (χ4v) is 3.62. The Morgan fingerprint density at radius 2 is 1.77 bits per heavy atom. The molecule has 0 radical (unpaired) electrons. The molecule has 2 N–H and O–H groups in total. The Morgan fingerprint density at radius 3 is 2.42 bits per heavy atom. The minimum atomic E-state index is -3.66. The van der Waals surface area contributed by atoms with E-state index in [0.29, 0.717) is 35.8 Å². The number of rotatable bonds is 12. The van der Waals surface area contributed by atoms with Crippen LogP contribution in [0.5, 0.6) is 17.2 Å². The summed E-state index contributed by atoms with van der Waals surface area (Å²) in [6, 6.07) is 12.9. The van der Waals surface area contributed by atoms with E-state index in [0.717, 1.165) is 0 Å². The number of sulfonamides is 1. The van der Waals surface area contributed by atoms with Crippen LogP contribution in [0.2, 0.25) is 0 Å². The summed E-state index contributed by atoms with van der Waals surface area (Å²) >= 11 is 0. The Kier molecular flexibility index (Phi) is 9.12. The number of amides is 1. The number of methoxy groups -OCH3 is 2. The van der Waals surface area contributed by atoms with E-state index in [9.17, 15) is 13.2 Å². The van der Waals surface area contributed by atoms with Gasteiger partial charge in [-0.05, 0) is 42.8 Å². The van der Waals surface area contributed by atoms with Crippen LogP contribution in [0, 0.1) is 11.3 Å². The first-order valence-electron chi connectivity index (χ1n) is 9.51. The molecule has 0 aromatic heterocycles. The predicted octanol–water partition coefficient (Wildman–Crippen LogP) is 1.83. The molecule has 0 heterocycles. The molecule has 0 spiro atoms. The van der Waals surface area contributed by atoms with Crippen molar-refractivity contribution in [3.05, 3.63) is 48.0 Å². The molecule has 9 nitrogen and oxygen atoms in total. The van der Waals surface area contributed by atoms with Crippen molar-refractivity contribution in [3.8, 4) is 23.3 Å². The van der Waals surface area contributed by atoms with E-state index >= 15 is 0 Å². The van der Waals surface area contributed by atoms with Gasteiger partial charge in [-0.15, -0.1) is 0 Å². The normalized spacial score (nSPS) is 10.7. The summed E-state index contributed by atoms with van der Waals surface area (Å²) in [7, 11) is -0.669. The summed E-state index contributed by atoms with van der Waals surface area (Å²) in [5.74, 6) is 1.30. The van der Waals surface area contributed by atoms with Gasteiger partial charge < -0.3 is 19.5 Å². The minimum absolute atomic E-state index is 0.0685. The molecule has 0 saturated carbocycles. The summed E-state index contributed by atoms with van der Waals surface area (Å²) in [5, 5.41) is 11.6. The maximum Gasteiger partial charge on any atom is 0.240 e. The third kappa shape index (κ3) is 7.47. The van der Waals surface area contributed by atoms with Gasteiger partial charge in [-0.2, -0.15) is 5.26 Å². The number of ether oxygens (including phenoxy) is 3. The van der Waals surface area contributed by atoms with Gasteiger partial charge in [-0.3, -0.25) is 4.79 Å². The lowest BCUT2D eigenvalue weighted by Gasteiger charge is -2.11. The van der Waals surface area contributed by atoms with Crippen LogP contribution in [0.3, 0.4) is 0 Å². The van der Waals surface area contributed by atoms with Crippen LogP contribution in [0.25, 0.3) is 0 Å². The molecule has 1 amide bonds. The number of hydrogen-bond donors (Lipinski definition) is 2. The van der Waals surface area contributed by atoms with Crippen molar-refractivity contribution in [2.24, 2.45) is 0 Å². The molecule has 0 aliphatic carbocycles. The van der Waals surface area contributed by atoms with Crippen molar-refractivity contribution in [1.82, 2.24) is 10.0 Å². The minimum Gasteiger partial charge on any atom is -0.497 e. The Balaban J connectivity index is 1.66. The summed E-state index contributed by atoms with van der Waals surface area (Å²) in [6.45, 7) is 0.525. The SMILES string of the molecule is COc1ccc(S(=O)(=O)NCCNC(=O)CCCOc2ccc(C#N)cc2OC)cc1. The van der Waals surface area contributed by atoms with E-state index in [1.54, 1.807) is 30.3 Å². The summed E-state index contributed by atoms with van der Waals surface area (Å²) in [6.07, 6.45) is 0.691. The summed E-state index contributed by atoms with van der Waals surface area (Å²) in [4.78, 5) is 12.0. The zero-order chi connectivity index (χ0) is 22.7. The van der Waals surface area contributed by atoms with Crippen LogP contribution in [0.4, 0.5) is 0 Å². The van der Waals surface area contributed by atoms with Gasteiger partial charge in [0.15, 0.2) is 11.5 Å². The average molecular weight is 448 g/mol. The summed E-state index contributed by atoms with van der Waals surface area (Å²) < 4.78 is 42.6.